The van der Waals surface area contributed by atoms with Crippen molar-refractivity contribution in [2.24, 2.45) is 5.92 Å². The number of benzene rings is 3. The van der Waals surface area contributed by atoms with Gasteiger partial charge in [-0.3, -0.25) is 9.69 Å². The van der Waals surface area contributed by atoms with E-state index in [9.17, 15) is 9.90 Å². The number of carboxylic acid groups (broad SMARTS) is 1. The molecule has 0 unspecified atom stereocenters. The molecule has 0 radical (unpaired) electrons. The highest BCUT2D eigenvalue weighted by Gasteiger charge is 2.24. The minimum Gasteiger partial charge on any atom is -0.480 e. The fourth-order valence-corrected chi connectivity index (χ4v) is 7.07. The maximum absolute atomic E-state index is 11.5. The minimum absolute atomic E-state index is 0.0168. The number of anilines is 1. The Labute approximate surface area is 261 Å². The number of aliphatic carboxylic acids is 1. The van der Waals surface area contributed by atoms with Crippen LogP contribution in [0.3, 0.4) is 0 Å². The predicted octanol–water partition coefficient (Wildman–Crippen LogP) is 8.60. The Kier molecular flexibility index (Phi) is 9.99. The van der Waals surface area contributed by atoms with Crippen molar-refractivity contribution in [3.63, 3.8) is 0 Å². The second kappa shape index (κ2) is 13.9. The zero-order chi connectivity index (χ0) is 30.4. The second-order valence-electron chi connectivity index (χ2n) is 13.2. The quantitative estimate of drug-likeness (QED) is 0.188. The van der Waals surface area contributed by atoms with Gasteiger partial charge in [0.2, 0.25) is 0 Å². The van der Waals surface area contributed by atoms with Crippen LogP contribution in [-0.4, -0.2) is 41.1 Å². The molecule has 1 aromatic heterocycles. The molecule has 0 bridgehead atoms. The Bertz CT molecular complexity index is 1450. The van der Waals surface area contributed by atoms with E-state index in [1.807, 2.05) is 35.2 Å². The predicted molar refractivity (Wildman–Crippen MR) is 179 cm³/mol. The first-order valence-corrected chi connectivity index (χ1v) is 16.4. The number of nitrogens with zero attached hydrogens (tertiary/aromatic N) is 3. The fraction of sp³-hybridized carbons (Fsp3) is 0.405. The molecule has 1 N–H and O–H groups in total. The molecule has 226 valence electrons. The van der Waals surface area contributed by atoms with E-state index in [-0.39, 0.29) is 12.0 Å². The van der Waals surface area contributed by atoms with E-state index in [4.69, 9.17) is 4.98 Å². The standard InChI is InChI=1S/C37H45N3O2S/c1-37(2,3)32-18-14-30(15-19-32)29-12-10-28(11-13-29)22-39(4)33-20-16-31(17-21-33)34-26-43-35(38-34)24-40(25-36(41)42)23-27-8-6-5-7-9-27/h5-9,14-21,26,28-29H,10-13,22-25H2,1-4H3,(H,41,42). The van der Waals surface area contributed by atoms with Crippen molar-refractivity contribution in [2.75, 3.05) is 25.0 Å². The Hall–Kier alpha value is -3.48. The lowest BCUT2D eigenvalue weighted by atomic mass is 9.77. The van der Waals surface area contributed by atoms with Crippen LogP contribution in [0.25, 0.3) is 11.3 Å². The Morgan fingerprint density at radius 1 is 0.907 bits per heavy atom. The van der Waals surface area contributed by atoms with Gasteiger partial charge in [0.1, 0.15) is 5.01 Å². The molecule has 5 nitrogen and oxygen atoms in total. The summed E-state index contributed by atoms with van der Waals surface area (Å²) in [7, 11) is 2.21. The first-order chi connectivity index (χ1) is 20.6. The lowest BCUT2D eigenvalue weighted by molar-refractivity contribution is -0.138. The van der Waals surface area contributed by atoms with Gasteiger partial charge in [-0.2, -0.15) is 0 Å². The van der Waals surface area contributed by atoms with Gasteiger partial charge in [-0.25, -0.2) is 4.98 Å². The molecule has 3 aromatic carbocycles. The number of carbonyl (C=O) groups is 1. The summed E-state index contributed by atoms with van der Waals surface area (Å²) in [6.45, 7) is 8.99. The SMILES string of the molecule is CN(CC1CCC(c2ccc(C(C)(C)C)cc2)CC1)c1ccc(-c2csc(CN(CC(=O)O)Cc3ccccc3)n2)cc1. The van der Waals surface area contributed by atoms with Gasteiger partial charge in [0, 0.05) is 36.8 Å². The molecular weight excluding hydrogens is 550 g/mol. The van der Waals surface area contributed by atoms with Crippen LogP contribution in [0.1, 0.15) is 74.1 Å². The lowest BCUT2D eigenvalue weighted by Gasteiger charge is -2.32. The summed E-state index contributed by atoms with van der Waals surface area (Å²) in [4.78, 5) is 20.7. The summed E-state index contributed by atoms with van der Waals surface area (Å²) in [5.41, 5.74) is 7.48. The Morgan fingerprint density at radius 3 is 2.21 bits per heavy atom. The van der Waals surface area contributed by atoms with Gasteiger partial charge in [0.25, 0.3) is 0 Å². The molecule has 1 saturated carbocycles. The van der Waals surface area contributed by atoms with Crippen LogP contribution in [0.15, 0.2) is 84.2 Å². The number of aromatic nitrogens is 1. The maximum atomic E-state index is 11.5. The highest BCUT2D eigenvalue weighted by Crippen LogP contribution is 2.37. The Morgan fingerprint density at radius 2 is 1.58 bits per heavy atom. The number of rotatable bonds is 11. The van der Waals surface area contributed by atoms with Crippen molar-refractivity contribution in [3.8, 4) is 11.3 Å². The van der Waals surface area contributed by atoms with Crippen molar-refractivity contribution >= 4 is 23.0 Å². The summed E-state index contributed by atoms with van der Waals surface area (Å²) in [5, 5.41) is 12.4. The molecule has 43 heavy (non-hydrogen) atoms. The molecule has 0 spiro atoms. The van der Waals surface area contributed by atoms with Crippen LogP contribution < -0.4 is 4.90 Å². The van der Waals surface area contributed by atoms with E-state index >= 15 is 0 Å². The Balaban J connectivity index is 1.13. The first kappa shape index (κ1) is 31.0. The molecule has 1 fully saturated rings. The van der Waals surface area contributed by atoms with E-state index < -0.39 is 5.97 Å². The number of thiazole rings is 1. The molecule has 0 atom stereocenters. The molecule has 4 aromatic rings. The number of carboxylic acids is 1. The van der Waals surface area contributed by atoms with Gasteiger partial charge in [0.05, 0.1) is 18.8 Å². The van der Waals surface area contributed by atoms with Gasteiger partial charge in [0.15, 0.2) is 0 Å². The molecule has 6 heteroatoms. The molecule has 1 heterocycles. The van der Waals surface area contributed by atoms with Crippen LogP contribution in [-0.2, 0) is 23.3 Å². The third-order valence-electron chi connectivity index (χ3n) is 8.75. The lowest BCUT2D eigenvalue weighted by Crippen LogP contribution is -2.28. The topological polar surface area (TPSA) is 56.7 Å². The normalized spacial score (nSPS) is 17.2. The van der Waals surface area contributed by atoms with E-state index in [2.05, 4.69) is 86.6 Å². The minimum atomic E-state index is -0.827. The van der Waals surface area contributed by atoms with Crippen LogP contribution in [0.5, 0.6) is 0 Å². The summed E-state index contributed by atoms with van der Waals surface area (Å²) in [6, 6.07) is 28.1. The highest BCUT2D eigenvalue weighted by atomic mass is 32.1. The van der Waals surface area contributed by atoms with Crippen molar-refractivity contribution < 1.29 is 9.90 Å². The summed E-state index contributed by atoms with van der Waals surface area (Å²) < 4.78 is 0. The second-order valence-corrected chi connectivity index (χ2v) is 14.1. The van der Waals surface area contributed by atoms with Crippen molar-refractivity contribution in [3.05, 3.63) is 106 Å². The van der Waals surface area contributed by atoms with Gasteiger partial charge >= 0.3 is 5.97 Å². The fourth-order valence-electron chi connectivity index (χ4n) is 6.22. The van der Waals surface area contributed by atoms with Crippen molar-refractivity contribution in [2.45, 2.75) is 70.9 Å². The van der Waals surface area contributed by atoms with Crippen LogP contribution in [0.4, 0.5) is 5.69 Å². The van der Waals surface area contributed by atoms with E-state index in [0.29, 0.717) is 19.0 Å². The zero-order valence-electron chi connectivity index (χ0n) is 26.0. The number of hydrogen-bond acceptors (Lipinski definition) is 5. The average molecular weight is 596 g/mol. The van der Waals surface area contributed by atoms with Gasteiger partial charge in [-0.05, 0) is 71.8 Å². The molecule has 0 saturated heterocycles. The highest BCUT2D eigenvalue weighted by molar-refractivity contribution is 7.09. The molecule has 0 amide bonds. The smallest absolute Gasteiger partial charge is 0.317 e. The third kappa shape index (κ3) is 8.55. The average Bonchev–Trinajstić information content (AvgIpc) is 3.46. The molecule has 1 aliphatic carbocycles. The van der Waals surface area contributed by atoms with Gasteiger partial charge in [-0.15, -0.1) is 11.3 Å². The summed E-state index contributed by atoms with van der Waals surface area (Å²) in [6.07, 6.45) is 5.10. The molecule has 0 aliphatic heterocycles. The van der Waals surface area contributed by atoms with Crippen molar-refractivity contribution in [1.29, 1.82) is 0 Å². The van der Waals surface area contributed by atoms with Crippen molar-refractivity contribution in [1.82, 2.24) is 9.88 Å². The third-order valence-corrected chi connectivity index (χ3v) is 9.58. The van der Waals surface area contributed by atoms with E-state index in [1.165, 1.54) is 42.5 Å². The van der Waals surface area contributed by atoms with E-state index in [0.717, 1.165) is 34.3 Å². The largest absolute Gasteiger partial charge is 0.480 e. The monoisotopic (exact) mass is 595 g/mol. The summed E-state index contributed by atoms with van der Waals surface area (Å²) in [5.74, 6) is 0.583. The molecule has 5 rings (SSSR count). The summed E-state index contributed by atoms with van der Waals surface area (Å²) >= 11 is 1.59. The van der Waals surface area contributed by atoms with Gasteiger partial charge in [-0.1, -0.05) is 87.5 Å². The van der Waals surface area contributed by atoms with Crippen LogP contribution >= 0.6 is 11.3 Å². The first-order valence-electron chi connectivity index (χ1n) is 15.5. The van der Waals surface area contributed by atoms with Gasteiger partial charge < -0.3 is 10.0 Å². The zero-order valence-corrected chi connectivity index (χ0v) is 26.8. The molecular formula is C37H45N3O2S. The molecule has 1 aliphatic rings. The van der Waals surface area contributed by atoms with Crippen LogP contribution in [0, 0.1) is 5.92 Å². The maximum Gasteiger partial charge on any atom is 0.317 e. The van der Waals surface area contributed by atoms with E-state index in [1.54, 1.807) is 11.3 Å². The number of hydrogen-bond donors (Lipinski definition) is 1. The van der Waals surface area contributed by atoms with Crippen LogP contribution in [0.2, 0.25) is 0 Å².